The van der Waals surface area contributed by atoms with Crippen molar-refractivity contribution in [3.8, 4) is 17.2 Å². The highest BCUT2D eigenvalue weighted by atomic mass is 16.7. The maximum atomic E-state index is 6.02. The van der Waals surface area contributed by atoms with Crippen molar-refractivity contribution < 1.29 is 14.2 Å². The van der Waals surface area contributed by atoms with Crippen molar-refractivity contribution >= 4 is 17.5 Å². The van der Waals surface area contributed by atoms with E-state index in [2.05, 4.69) is 52.1 Å². The van der Waals surface area contributed by atoms with Gasteiger partial charge in [0.2, 0.25) is 6.79 Å². The number of methoxy groups -OCH3 is 1. The fraction of sp³-hybridized carbons (Fsp3) is 0.517. The molecular formula is C29H35N3O3. The van der Waals surface area contributed by atoms with Crippen molar-refractivity contribution in [1.29, 1.82) is 0 Å². The highest BCUT2D eigenvalue weighted by Gasteiger charge is 2.41. The molecule has 6 heteroatoms. The number of nitrogens with zero attached hydrogens (tertiary/aromatic N) is 3. The van der Waals surface area contributed by atoms with Gasteiger partial charge in [0.15, 0.2) is 11.5 Å². The van der Waals surface area contributed by atoms with Gasteiger partial charge in [-0.3, -0.25) is 0 Å². The van der Waals surface area contributed by atoms with E-state index in [1.165, 1.54) is 59.3 Å². The Morgan fingerprint density at radius 1 is 0.943 bits per heavy atom. The monoisotopic (exact) mass is 473 g/mol. The fourth-order valence-corrected chi connectivity index (χ4v) is 7.02. The van der Waals surface area contributed by atoms with Gasteiger partial charge in [0.1, 0.15) is 5.75 Å². The average Bonchev–Trinajstić information content (AvgIpc) is 3.58. The lowest BCUT2D eigenvalue weighted by Crippen LogP contribution is -2.46. The first-order valence-electron chi connectivity index (χ1n) is 13.3. The predicted molar refractivity (Wildman–Crippen MR) is 138 cm³/mol. The Labute approximate surface area is 208 Å². The zero-order valence-electron chi connectivity index (χ0n) is 20.9. The first kappa shape index (κ1) is 21.4. The Kier molecular flexibility index (Phi) is 5.12. The Bertz CT molecular complexity index is 1180. The number of rotatable bonds is 3. The number of fused-ring (bicyclic) bond motifs is 5. The third-order valence-electron chi connectivity index (χ3n) is 8.83. The highest BCUT2D eigenvalue weighted by Crippen LogP contribution is 2.54. The maximum Gasteiger partial charge on any atom is 0.231 e. The molecule has 4 aliphatic heterocycles. The Morgan fingerprint density at radius 2 is 1.71 bits per heavy atom. The van der Waals surface area contributed by atoms with E-state index >= 15 is 0 Å². The van der Waals surface area contributed by atoms with Crippen LogP contribution >= 0.6 is 0 Å². The van der Waals surface area contributed by atoms with Crippen LogP contribution in [0.4, 0.5) is 5.69 Å². The van der Waals surface area contributed by atoms with Crippen LogP contribution in [0.3, 0.4) is 0 Å². The molecule has 4 heterocycles. The second-order valence-corrected chi connectivity index (χ2v) is 10.7. The van der Waals surface area contributed by atoms with Crippen LogP contribution in [0.1, 0.15) is 54.0 Å². The van der Waals surface area contributed by atoms with E-state index in [4.69, 9.17) is 14.2 Å². The van der Waals surface area contributed by atoms with Gasteiger partial charge in [-0.1, -0.05) is 18.9 Å². The van der Waals surface area contributed by atoms with Crippen molar-refractivity contribution in [2.45, 2.75) is 38.1 Å². The maximum absolute atomic E-state index is 6.02. The molecule has 7 rings (SSSR count). The summed E-state index contributed by atoms with van der Waals surface area (Å²) >= 11 is 0. The number of hydrogen-bond donors (Lipinski definition) is 0. The molecule has 1 aliphatic carbocycles. The van der Waals surface area contributed by atoms with Crippen LogP contribution < -0.4 is 19.1 Å². The van der Waals surface area contributed by atoms with E-state index in [0.717, 1.165) is 56.4 Å². The molecule has 0 radical (unpaired) electrons. The van der Waals surface area contributed by atoms with Gasteiger partial charge in [-0.2, -0.15) is 0 Å². The third kappa shape index (κ3) is 3.40. The lowest BCUT2D eigenvalue weighted by Gasteiger charge is -2.47. The van der Waals surface area contributed by atoms with Crippen molar-refractivity contribution in [3.05, 3.63) is 46.5 Å². The van der Waals surface area contributed by atoms with Gasteiger partial charge in [-0.15, -0.1) is 0 Å². The van der Waals surface area contributed by atoms with Crippen LogP contribution in [-0.4, -0.2) is 63.5 Å². The lowest BCUT2D eigenvalue weighted by molar-refractivity contribution is 0.174. The number of hydrogen-bond acceptors (Lipinski definition) is 6. The van der Waals surface area contributed by atoms with E-state index in [9.17, 15) is 0 Å². The first-order chi connectivity index (χ1) is 17.2. The zero-order chi connectivity index (χ0) is 23.5. The molecule has 35 heavy (non-hydrogen) atoms. The Balaban J connectivity index is 1.41. The second-order valence-electron chi connectivity index (χ2n) is 10.7. The molecule has 0 bridgehead atoms. The molecule has 0 aromatic heterocycles. The van der Waals surface area contributed by atoms with E-state index < -0.39 is 0 Å². The fourth-order valence-electron chi connectivity index (χ4n) is 7.02. The summed E-state index contributed by atoms with van der Waals surface area (Å²) in [7, 11) is 4.05. The highest BCUT2D eigenvalue weighted by molar-refractivity contribution is 5.89. The van der Waals surface area contributed by atoms with E-state index in [-0.39, 0.29) is 0 Å². The van der Waals surface area contributed by atoms with Crippen molar-refractivity contribution in [2.24, 2.45) is 5.92 Å². The van der Waals surface area contributed by atoms with E-state index in [0.29, 0.717) is 18.8 Å². The van der Waals surface area contributed by atoms with Crippen molar-refractivity contribution in [1.82, 2.24) is 9.80 Å². The molecule has 6 nitrogen and oxygen atoms in total. The molecule has 1 atom stereocenters. The number of anilines is 1. The van der Waals surface area contributed by atoms with Crippen LogP contribution in [0.2, 0.25) is 0 Å². The van der Waals surface area contributed by atoms with Crippen LogP contribution in [-0.2, 0) is 6.42 Å². The van der Waals surface area contributed by atoms with E-state index in [1.807, 2.05) is 7.11 Å². The Hall–Kier alpha value is -2.86. The van der Waals surface area contributed by atoms with Gasteiger partial charge in [-0.25, -0.2) is 0 Å². The van der Waals surface area contributed by atoms with Crippen LogP contribution in [0.5, 0.6) is 17.2 Å². The van der Waals surface area contributed by atoms with Crippen molar-refractivity contribution in [2.75, 3.05) is 58.6 Å². The lowest BCUT2D eigenvalue weighted by atomic mass is 9.79. The number of piperazine rings is 1. The van der Waals surface area contributed by atoms with Gasteiger partial charge < -0.3 is 28.9 Å². The molecule has 184 valence electrons. The summed E-state index contributed by atoms with van der Waals surface area (Å²) < 4.78 is 17.5. The minimum Gasteiger partial charge on any atom is -0.495 e. The smallest absolute Gasteiger partial charge is 0.231 e. The summed E-state index contributed by atoms with van der Waals surface area (Å²) in [4.78, 5) is 7.74. The summed E-state index contributed by atoms with van der Waals surface area (Å²) in [5.41, 5.74) is 8.22. The van der Waals surface area contributed by atoms with Crippen LogP contribution in [0.15, 0.2) is 24.3 Å². The van der Waals surface area contributed by atoms with Gasteiger partial charge in [0.25, 0.3) is 0 Å². The van der Waals surface area contributed by atoms with Crippen LogP contribution in [0.25, 0.3) is 11.8 Å². The molecule has 1 saturated carbocycles. The SMILES string of the molecule is COc1ccc2c(c1N1CCN(C)CC1)C(C1CCCC1)N1CCc3cc4c(cc3C1=C2)OCO4. The number of ether oxygens (including phenoxy) is 3. The standard InChI is InChI=1S/C29H35N3O3/c1-30-11-13-31(14-12-30)29-24(33-2)8-7-21-15-23-22-17-26-25(34-18-35-26)16-20(22)9-10-32(23)28(27(21)29)19-5-3-4-6-19/h7-8,15-17,19,28H,3-6,9-14,18H2,1-2H3. The summed E-state index contributed by atoms with van der Waals surface area (Å²) in [6.07, 6.45) is 8.76. The average molecular weight is 474 g/mol. The number of benzene rings is 2. The quantitative estimate of drug-likeness (QED) is 0.639. The van der Waals surface area contributed by atoms with Crippen molar-refractivity contribution in [3.63, 3.8) is 0 Å². The summed E-state index contributed by atoms with van der Waals surface area (Å²) in [6, 6.07) is 9.29. The largest absolute Gasteiger partial charge is 0.495 e. The summed E-state index contributed by atoms with van der Waals surface area (Å²) in [6.45, 7) is 5.63. The minimum absolute atomic E-state index is 0.322. The second kappa shape index (κ2) is 8.37. The molecule has 0 spiro atoms. The molecule has 0 N–H and O–H groups in total. The summed E-state index contributed by atoms with van der Waals surface area (Å²) in [5.74, 6) is 3.46. The molecule has 2 aromatic carbocycles. The molecule has 2 aromatic rings. The third-order valence-corrected chi connectivity index (χ3v) is 8.83. The van der Waals surface area contributed by atoms with Gasteiger partial charge in [0, 0.05) is 49.5 Å². The van der Waals surface area contributed by atoms with Gasteiger partial charge in [0.05, 0.1) is 18.8 Å². The molecule has 5 aliphatic rings. The predicted octanol–water partition coefficient (Wildman–Crippen LogP) is 4.78. The Morgan fingerprint density at radius 3 is 2.49 bits per heavy atom. The molecule has 1 unspecified atom stereocenters. The first-order valence-corrected chi connectivity index (χ1v) is 13.3. The topological polar surface area (TPSA) is 37.4 Å². The zero-order valence-corrected chi connectivity index (χ0v) is 20.9. The van der Waals surface area contributed by atoms with Crippen LogP contribution in [0, 0.1) is 5.92 Å². The normalized spacial score (nSPS) is 23.6. The minimum atomic E-state index is 0.322. The molecule has 2 fully saturated rings. The molecular weight excluding hydrogens is 438 g/mol. The molecule has 0 amide bonds. The molecule has 1 saturated heterocycles. The summed E-state index contributed by atoms with van der Waals surface area (Å²) in [5, 5.41) is 0. The van der Waals surface area contributed by atoms with E-state index in [1.54, 1.807) is 0 Å². The van der Waals surface area contributed by atoms with Gasteiger partial charge in [-0.05, 0) is 67.6 Å². The van der Waals surface area contributed by atoms with Gasteiger partial charge >= 0.3 is 0 Å². The number of likely N-dealkylation sites (N-methyl/N-ethyl adjacent to an activating group) is 1.